The minimum Gasteiger partial charge on any atom is -0.326 e. The van der Waals surface area contributed by atoms with Crippen LogP contribution >= 0.6 is 11.3 Å². The van der Waals surface area contributed by atoms with Gasteiger partial charge in [0.05, 0.1) is 4.88 Å². The molecule has 0 aliphatic carbocycles. The van der Waals surface area contributed by atoms with E-state index in [1.807, 2.05) is 5.38 Å². The third-order valence-corrected chi connectivity index (χ3v) is 4.60. The second-order valence-corrected chi connectivity index (χ2v) is 6.24. The predicted molar refractivity (Wildman–Crippen MR) is 88.2 cm³/mol. The van der Waals surface area contributed by atoms with Gasteiger partial charge in [0.15, 0.2) is 0 Å². The van der Waals surface area contributed by atoms with Crippen molar-refractivity contribution in [1.29, 1.82) is 0 Å². The molecule has 1 aliphatic heterocycles. The van der Waals surface area contributed by atoms with Crippen LogP contribution in [0.3, 0.4) is 0 Å². The fraction of sp³-hybridized carbons (Fsp3) is 0.250. The van der Waals surface area contributed by atoms with Crippen molar-refractivity contribution in [1.82, 2.24) is 20.7 Å². The highest BCUT2D eigenvalue weighted by molar-refractivity contribution is 7.12. The smallest absolute Gasteiger partial charge is 0.288 e. The second-order valence-electron chi connectivity index (χ2n) is 5.29. The summed E-state index contributed by atoms with van der Waals surface area (Å²) in [4.78, 5) is 42.7. The maximum Gasteiger partial charge on any atom is 0.288 e. The second kappa shape index (κ2) is 7.22. The molecule has 1 aliphatic rings. The number of nitrogens with one attached hydrogen (secondary N) is 2. The van der Waals surface area contributed by atoms with E-state index in [0.29, 0.717) is 17.8 Å². The van der Waals surface area contributed by atoms with Crippen molar-refractivity contribution in [2.24, 2.45) is 0 Å². The number of carbonyl (C=O) groups excluding carboxylic acids is 3. The molecular formula is C16H16N4O3S. The zero-order chi connectivity index (χ0) is 16.9. The van der Waals surface area contributed by atoms with Crippen molar-refractivity contribution in [3.63, 3.8) is 0 Å². The van der Waals surface area contributed by atoms with Gasteiger partial charge in [-0.25, -0.2) is 0 Å². The SMILES string of the molecule is O=C(NNC(=O)C1CCCN1C(=O)c1cccs1)c1ccccn1. The Morgan fingerprint density at radius 3 is 2.75 bits per heavy atom. The van der Waals surface area contributed by atoms with Crippen LogP contribution in [0.5, 0.6) is 0 Å². The Bertz CT molecular complexity index is 733. The molecule has 1 unspecified atom stereocenters. The lowest BCUT2D eigenvalue weighted by Crippen LogP contribution is -2.51. The Balaban J connectivity index is 1.60. The molecule has 3 amide bonds. The highest BCUT2D eigenvalue weighted by Gasteiger charge is 2.35. The van der Waals surface area contributed by atoms with Crippen LogP contribution in [0, 0.1) is 0 Å². The highest BCUT2D eigenvalue weighted by Crippen LogP contribution is 2.22. The number of aromatic nitrogens is 1. The van der Waals surface area contributed by atoms with Gasteiger partial charge >= 0.3 is 0 Å². The molecule has 0 radical (unpaired) electrons. The number of hydrazine groups is 1. The van der Waals surface area contributed by atoms with Gasteiger partial charge in [0.25, 0.3) is 17.7 Å². The molecule has 2 aromatic heterocycles. The van der Waals surface area contributed by atoms with E-state index in [9.17, 15) is 14.4 Å². The van der Waals surface area contributed by atoms with Gasteiger partial charge in [0.2, 0.25) is 0 Å². The Kier molecular flexibility index (Phi) is 4.85. The van der Waals surface area contributed by atoms with E-state index >= 15 is 0 Å². The quantitative estimate of drug-likeness (QED) is 0.819. The summed E-state index contributed by atoms with van der Waals surface area (Å²) in [5.41, 5.74) is 4.92. The van der Waals surface area contributed by atoms with Gasteiger partial charge in [0.1, 0.15) is 11.7 Å². The number of amides is 3. The van der Waals surface area contributed by atoms with Crippen LogP contribution in [-0.2, 0) is 4.79 Å². The number of pyridine rings is 1. The molecule has 0 saturated carbocycles. The molecule has 2 aromatic rings. The van der Waals surface area contributed by atoms with E-state index in [2.05, 4.69) is 15.8 Å². The van der Waals surface area contributed by atoms with Gasteiger partial charge in [-0.1, -0.05) is 12.1 Å². The normalized spacial score (nSPS) is 16.7. The summed E-state index contributed by atoms with van der Waals surface area (Å²) in [5, 5.41) is 1.82. The molecule has 3 heterocycles. The highest BCUT2D eigenvalue weighted by atomic mass is 32.1. The maximum absolute atomic E-state index is 12.4. The van der Waals surface area contributed by atoms with Crippen molar-refractivity contribution >= 4 is 29.1 Å². The Hall–Kier alpha value is -2.74. The first-order valence-corrected chi connectivity index (χ1v) is 8.40. The van der Waals surface area contributed by atoms with Gasteiger partial charge < -0.3 is 4.90 Å². The summed E-state index contributed by atoms with van der Waals surface area (Å²) in [6, 6.07) is 7.89. The fourth-order valence-electron chi connectivity index (χ4n) is 2.59. The number of nitrogens with zero attached hydrogens (tertiary/aromatic N) is 2. The number of hydrogen-bond donors (Lipinski definition) is 2. The van der Waals surface area contributed by atoms with Crippen molar-refractivity contribution in [3.8, 4) is 0 Å². The first-order valence-electron chi connectivity index (χ1n) is 7.52. The van der Waals surface area contributed by atoms with Crippen molar-refractivity contribution in [3.05, 3.63) is 52.5 Å². The van der Waals surface area contributed by atoms with E-state index in [-0.39, 0.29) is 11.6 Å². The minimum absolute atomic E-state index is 0.154. The van der Waals surface area contributed by atoms with E-state index < -0.39 is 17.9 Å². The topological polar surface area (TPSA) is 91.4 Å². The van der Waals surface area contributed by atoms with Crippen molar-refractivity contribution < 1.29 is 14.4 Å². The molecule has 2 N–H and O–H groups in total. The summed E-state index contributed by atoms with van der Waals surface area (Å²) < 4.78 is 0. The van der Waals surface area contributed by atoms with Crippen LogP contribution in [-0.4, -0.2) is 40.2 Å². The Morgan fingerprint density at radius 1 is 1.17 bits per heavy atom. The zero-order valence-electron chi connectivity index (χ0n) is 12.8. The van der Waals surface area contributed by atoms with E-state index in [0.717, 1.165) is 6.42 Å². The number of rotatable bonds is 3. The molecule has 1 saturated heterocycles. The van der Waals surface area contributed by atoms with Crippen molar-refractivity contribution in [2.75, 3.05) is 6.54 Å². The third-order valence-electron chi connectivity index (χ3n) is 3.75. The average molecular weight is 344 g/mol. The summed E-state index contributed by atoms with van der Waals surface area (Å²) >= 11 is 1.35. The zero-order valence-corrected chi connectivity index (χ0v) is 13.6. The summed E-state index contributed by atoms with van der Waals surface area (Å²) in [7, 11) is 0. The van der Waals surface area contributed by atoms with Gasteiger partial charge in [-0.2, -0.15) is 0 Å². The fourth-order valence-corrected chi connectivity index (χ4v) is 3.27. The van der Waals surface area contributed by atoms with Crippen LogP contribution in [0.2, 0.25) is 0 Å². The molecule has 0 spiro atoms. The molecule has 0 aromatic carbocycles. The number of hydrogen-bond acceptors (Lipinski definition) is 5. The van der Waals surface area contributed by atoms with Crippen LogP contribution in [0.1, 0.15) is 33.0 Å². The average Bonchev–Trinajstić information content (AvgIpc) is 3.31. The number of carbonyl (C=O) groups is 3. The molecule has 24 heavy (non-hydrogen) atoms. The lowest BCUT2D eigenvalue weighted by Gasteiger charge is -2.23. The van der Waals surface area contributed by atoms with Crippen molar-refractivity contribution in [2.45, 2.75) is 18.9 Å². The largest absolute Gasteiger partial charge is 0.326 e. The number of thiophene rings is 1. The summed E-state index contributed by atoms with van der Waals surface area (Å²) in [5.74, 6) is -1.06. The van der Waals surface area contributed by atoms with E-state index in [4.69, 9.17) is 0 Å². The number of likely N-dealkylation sites (tertiary alicyclic amines) is 1. The van der Waals surface area contributed by atoms with Gasteiger partial charge in [-0.15, -0.1) is 11.3 Å². The monoisotopic (exact) mass is 344 g/mol. The Labute approximate surface area is 142 Å². The molecule has 3 rings (SSSR count). The maximum atomic E-state index is 12.4. The first kappa shape index (κ1) is 16.1. The Morgan fingerprint density at radius 2 is 2.04 bits per heavy atom. The molecule has 8 heteroatoms. The van der Waals surface area contributed by atoms with Crippen LogP contribution in [0.25, 0.3) is 0 Å². The molecule has 1 fully saturated rings. The lowest BCUT2D eigenvalue weighted by atomic mass is 10.2. The van der Waals surface area contributed by atoms with E-state index in [1.54, 1.807) is 35.2 Å². The van der Waals surface area contributed by atoms with E-state index in [1.165, 1.54) is 17.5 Å². The summed E-state index contributed by atoms with van der Waals surface area (Å²) in [6.45, 7) is 0.531. The predicted octanol–water partition coefficient (Wildman–Crippen LogP) is 1.21. The van der Waals surface area contributed by atoms with Crippen LogP contribution < -0.4 is 10.9 Å². The molecule has 7 nitrogen and oxygen atoms in total. The molecular weight excluding hydrogens is 328 g/mol. The summed E-state index contributed by atoms with van der Waals surface area (Å²) in [6.07, 6.45) is 2.82. The molecule has 124 valence electrons. The standard InChI is InChI=1S/C16H16N4O3S/c21-14(11-5-1-2-8-17-11)18-19-15(22)12-6-3-9-20(12)16(23)13-7-4-10-24-13/h1-2,4-5,7-8,10,12H,3,6,9H2,(H,18,21)(H,19,22). The minimum atomic E-state index is -0.580. The molecule has 0 bridgehead atoms. The van der Waals surface area contributed by atoms with Gasteiger partial charge in [0, 0.05) is 12.7 Å². The first-order chi connectivity index (χ1) is 11.7. The van der Waals surface area contributed by atoms with Gasteiger partial charge in [-0.3, -0.25) is 30.2 Å². The van der Waals surface area contributed by atoms with Crippen LogP contribution in [0.4, 0.5) is 0 Å². The molecule has 1 atom stereocenters. The lowest BCUT2D eigenvalue weighted by molar-refractivity contribution is -0.125. The third kappa shape index (κ3) is 3.43. The van der Waals surface area contributed by atoms with Gasteiger partial charge in [-0.05, 0) is 36.4 Å². The van der Waals surface area contributed by atoms with Crippen LogP contribution in [0.15, 0.2) is 41.9 Å².